The van der Waals surface area contributed by atoms with E-state index in [-0.39, 0.29) is 11.9 Å². The van der Waals surface area contributed by atoms with Gasteiger partial charge in [0.05, 0.1) is 45.7 Å². The number of aliphatic hydroxyl groups is 1. The number of amides is 1. The first-order valence-electron chi connectivity index (χ1n) is 14.1. The van der Waals surface area contributed by atoms with Gasteiger partial charge in [-0.25, -0.2) is 0 Å². The summed E-state index contributed by atoms with van der Waals surface area (Å²) in [6, 6.07) is 23.1. The number of hydrazine groups is 2. The van der Waals surface area contributed by atoms with Crippen molar-refractivity contribution in [3.63, 3.8) is 0 Å². The lowest BCUT2D eigenvalue weighted by Gasteiger charge is -2.36. The minimum atomic E-state index is -0.472. The van der Waals surface area contributed by atoms with Gasteiger partial charge in [0.15, 0.2) is 0 Å². The Morgan fingerprint density at radius 3 is 2.63 bits per heavy atom. The van der Waals surface area contributed by atoms with Gasteiger partial charge in [-0.2, -0.15) is 10.8 Å². The molecule has 0 aliphatic carbocycles. The zero-order chi connectivity index (χ0) is 29.9. The highest BCUT2D eigenvalue weighted by molar-refractivity contribution is 6.35. The Labute approximate surface area is 254 Å². The lowest BCUT2D eigenvalue weighted by molar-refractivity contribution is 0.00589. The first-order valence-corrected chi connectivity index (χ1v) is 14.5. The van der Waals surface area contributed by atoms with Gasteiger partial charge in [0, 0.05) is 42.1 Å². The van der Waals surface area contributed by atoms with Crippen LogP contribution in [0.2, 0.25) is 5.02 Å². The van der Waals surface area contributed by atoms with Crippen LogP contribution in [0.5, 0.6) is 0 Å². The molecule has 2 aliphatic rings. The molecule has 11 heteroatoms. The molecule has 1 amide bonds. The van der Waals surface area contributed by atoms with Gasteiger partial charge in [-0.1, -0.05) is 61.0 Å². The van der Waals surface area contributed by atoms with Gasteiger partial charge in [-0.15, -0.1) is 0 Å². The summed E-state index contributed by atoms with van der Waals surface area (Å²) in [5, 5.41) is 28.0. The number of fused-ring (bicyclic) bond motifs is 1. The number of nitriles is 1. The number of benzene rings is 3. The van der Waals surface area contributed by atoms with Crippen molar-refractivity contribution in [3.05, 3.63) is 112 Å². The van der Waals surface area contributed by atoms with Crippen LogP contribution in [0.25, 0.3) is 10.9 Å². The average molecular weight is 595 g/mol. The Morgan fingerprint density at radius 1 is 1.14 bits per heavy atom. The molecule has 1 fully saturated rings. The molecule has 2 aliphatic heterocycles. The monoisotopic (exact) mass is 594 g/mol. The number of aliphatic hydroxyl groups excluding tert-OH is 1. The first-order chi connectivity index (χ1) is 20.9. The van der Waals surface area contributed by atoms with Gasteiger partial charge < -0.3 is 31.5 Å². The number of β-amino-alcohol motifs (C(OH)–C–C–N with tert-alkyl or cyclic N) is 1. The molecule has 1 aromatic heterocycles. The van der Waals surface area contributed by atoms with Crippen molar-refractivity contribution >= 4 is 39.8 Å². The van der Waals surface area contributed by atoms with E-state index in [0.717, 1.165) is 23.2 Å². The van der Waals surface area contributed by atoms with E-state index >= 15 is 0 Å². The minimum Gasteiger partial charge on any atom is -0.389 e. The van der Waals surface area contributed by atoms with Crippen LogP contribution in [0, 0.1) is 11.3 Å². The number of hydrogen-bond donors (Lipinski definition) is 6. The Hall–Kier alpha value is -4.82. The largest absolute Gasteiger partial charge is 0.389 e. The molecule has 0 bridgehead atoms. The normalized spacial score (nSPS) is 15.9. The highest BCUT2D eigenvalue weighted by Gasteiger charge is 2.30. The molecule has 10 nitrogen and oxygen atoms in total. The van der Waals surface area contributed by atoms with Gasteiger partial charge in [0.25, 0.3) is 5.91 Å². The van der Waals surface area contributed by atoms with Gasteiger partial charge in [-0.3, -0.25) is 9.78 Å². The average Bonchev–Trinajstić information content (AvgIpc) is 3.56. The fourth-order valence-electron chi connectivity index (χ4n) is 5.44. The third kappa shape index (κ3) is 5.79. The molecule has 218 valence electrons. The van der Waals surface area contributed by atoms with Gasteiger partial charge in [-0.05, 0) is 41.8 Å². The molecule has 0 spiro atoms. The van der Waals surface area contributed by atoms with Crippen molar-refractivity contribution in [2.24, 2.45) is 0 Å². The molecule has 1 saturated heterocycles. The number of carbonyl (C=O) groups is 1. The maximum Gasteiger partial charge on any atom is 0.254 e. The quantitative estimate of drug-likeness (QED) is 0.162. The van der Waals surface area contributed by atoms with E-state index < -0.39 is 12.1 Å². The maximum atomic E-state index is 13.0. The molecule has 6 N–H and O–H groups in total. The summed E-state index contributed by atoms with van der Waals surface area (Å²) in [5.74, 6) is -0.126. The molecular weight excluding hydrogens is 564 g/mol. The summed E-state index contributed by atoms with van der Waals surface area (Å²) in [6.07, 6.45) is 3.68. The van der Waals surface area contributed by atoms with Crippen molar-refractivity contribution in [2.45, 2.75) is 31.5 Å². The summed E-state index contributed by atoms with van der Waals surface area (Å²) in [5.41, 5.74) is 14.6. The van der Waals surface area contributed by atoms with Crippen LogP contribution in [0.1, 0.15) is 52.5 Å². The lowest BCUT2D eigenvalue weighted by Crippen LogP contribution is -2.53. The molecule has 0 unspecified atom stereocenters. The molecular formula is C32H31ClN8O2. The van der Waals surface area contributed by atoms with Gasteiger partial charge >= 0.3 is 0 Å². The molecule has 4 aromatic rings. The van der Waals surface area contributed by atoms with Gasteiger partial charge in [0.1, 0.15) is 6.07 Å². The fourth-order valence-corrected chi connectivity index (χ4v) is 5.71. The molecule has 0 radical (unpaired) electrons. The molecule has 3 aromatic carbocycles. The number of likely N-dealkylation sites (tertiary alicyclic amines) is 1. The highest BCUT2D eigenvalue weighted by atomic mass is 35.5. The Morgan fingerprint density at radius 2 is 1.93 bits per heavy atom. The van der Waals surface area contributed by atoms with Crippen molar-refractivity contribution in [1.82, 2.24) is 26.3 Å². The fraction of sp³-hybridized carbons (Fsp3) is 0.219. The number of rotatable bonds is 9. The molecule has 43 heavy (non-hydrogen) atoms. The number of pyridine rings is 1. The number of nitrogens with zero attached hydrogens (tertiary/aromatic N) is 3. The number of carbonyl (C=O) groups excluding carboxylic acids is 1. The van der Waals surface area contributed by atoms with Crippen LogP contribution >= 0.6 is 11.6 Å². The molecule has 3 heterocycles. The van der Waals surface area contributed by atoms with E-state index in [9.17, 15) is 15.2 Å². The SMILES string of the molecule is CC[C@@H](Nc1c(C#N)cnc2c(Cl)cc(N[C@H](C3=CNNN3)c3cccc(C(=O)N4CC(O)C4)c3)cc12)c1ccccc1. The van der Waals surface area contributed by atoms with Crippen LogP contribution in [0.3, 0.4) is 0 Å². The van der Waals surface area contributed by atoms with E-state index in [2.05, 4.69) is 57.1 Å². The predicted octanol–water partition coefficient (Wildman–Crippen LogP) is 4.75. The van der Waals surface area contributed by atoms with Crippen molar-refractivity contribution < 1.29 is 9.90 Å². The van der Waals surface area contributed by atoms with Crippen LogP contribution < -0.4 is 27.0 Å². The Bertz CT molecular complexity index is 1730. The Balaban J connectivity index is 1.38. The number of anilines is 2. The minimum absolute atomic E-state index is 0.0279. The van der Waals surface area contributed by atoms with Crippen LogP contribution in [-0.2, 0) is 0 Å². The lowest BCUT2D eigenvalue weighted by atomic mass is 9.99. The topological polar surface area (TPSA) is 137 Å². The van der Waals surface area contributed by atoms with Gasteiger partial charge in [0.2, 0.25) is 0 Å². The number of aromatic nitrogens is 1. The van der Waals surface area contributed by atoms with E-state index in [1.807, 2.05) is 42.5 Å². The predicted molar refractivity (Wildman–Crippen MR) is 167 cm³/mol. The number of halogens is 1. The maximum absolute atomic E-state index is 13.0. The summed E-state index contributed by atoms with van der Waals surface area (Å²) < 4.78 is 0. The third-order valence-electron chi connectivity index (χ3n) is 7.72. The number of nitrogens with one attached hydrogen (secondary N) is 5. The van der Waals surface area contributed by atoms with E-state index in [0.29, 0.717) is 51.5 Å². The second kappa shape index (κ2) is 12.2. The highest BCUT2D eigenvalue weighted by Crippen LogP contribution is 2.37. The summed E-state index contributed by atoms with van der Waals surface area (Å²) in [7, 11) is 0. The van der Waals surface area contributed by atoms with Crippen LogP contribution in [0.15, 0.2) is 84.8 Å². The third-order valence-corrected chi connectivity index (χ3v) is 8.01. The van der Waals surface area contributed by atoms with Crippen molar-refractivity contribution in [1.29, 1.82) is 5.26 Å². The molecule has 0 saturated carbocycles. The van der Waals surface area contributed by atoms with E-state index in [4.69, 9.17) is 11.6 Å². The van der Waals surface area contributed by atoms with E-state index in [1.165, 1.54) is 0 Å². The summed E-state index contributed by atoms with van der Waals surface area (Å²) in [6.45, 7) is 2.76. The smallest absolute Gasteiger partial charge is 0.254 e. The second-order valence-electron chi connectivity index (χ2n) is 10.6. The summed E-state index contributed by atoms with van der Waals surface area (Å²) >= 11 is 6.80. The standard InChI is InChI=1S/C32H31ClN8O2/c1-2-27(19-7-4-3-5-8-19)38-29-22(14-34)15-35-31-25(29)12-23(13-26(31)33)37-30(28-16-36-40-39-28)20-9-6-10-21(11-20)32(43)41-17-24(42)18-41/h3-13,15-16,24,27,30,36-37,39-40,42H,2,17-18H2,1H3,(H,35,38)/t27-,30+/m1/s1. The van der Waals surface area contributed by atoms with Crippen molar-refractivity contribution in [2.75, 3.05) is 23.7 Å². The van der Waals surface area contributed by atoms with Crippen LogP contribution in [-0.4, -0.2) is 40.1 Å². The summed E-state index contributed by atoms with van der Waals surface area (Å²) in [4.78, 5) is 19.2. The molecule has 6 rings (SSSR count). The van der Waals surface area contributed by atoms with Crippen molar-refractivity contribution in [3.8, 4) is 6.07 Å². The first kappa shape index (κ1) is 28.3. The zero-order valence-electron chi connectivity index (χ0n) is 23.4. The van der Waals surface area contributed by atoms with E-state index in [1.54, 1.807) is 29.4 Å². The molecule has 2 atom stereocenters. The zero-order valence-corrected chi connectivity index (χ0v) is 24.2. The Kier molecular flexibility index (Phi) is 8.03. The van der Waals surface area contributed by atoms with Crippen LogP contribution in [0.4, 0.5) is 11.4 Å². The number of hydrogen-bond acceptors (Lipinski definition) is 9. The second-order valence-corrected chi connectivity index (χ2v) is 11.0.